The van der Waals surface area contributed by atoms with Crippen molar-refractivity contribution in [3.8, 4) is 0 Å². The first-order chi connectivity index (χ1) is 6.29. The zero-order valence-corrected chi connectivity index (χ0v) is 8.78. The maximum absolute atomic E-state index is 6.14. The van der Waals surface area contributed by atoms with Crippen LogP contribution in [0.5, 0.6) is 0 Å². The number of benzene rings is 1. The molecule has 0 amide bonds. The van der Waals surface area contributed by atoms with E-state index in [0.717, 1.165) is 29.5 Å². The highest BCUT2D eigenvalue weighted by atomic mass is 35.5. The van der Waals surface area contributed by atoms with Crippen LogP contribution in [-0.4, -0.2) is 13.1 Å². The molecular weight excluding hydrogens is 184 g/mol. The van der Waals surface area contributed by atoms with Gasteiger partial charge in [0.05, 0.1) is 16.4 Å². The van der Waals surface area contributed by atoms with E-state index in [2.05, 4.69) is 24.5 Å². The SMILES string of the molecule is CCNc1cccc(NCC)c1Cl. The second-order valence-electron chi connectivity index (χ2n) is 2.73. The molecule has 1 aromatic rings. The van der Waals surface area contributed by atoms with Crippen LogP contribution in [-0.2, 0) is 0 Å². The summed E-state index contributed by atoms with van der Waals surface area (Å²) in [5.41, 5.74) is 1.98. The van der Waals surface area contributed by atoms with Crippen LogP contribution in [0.1, 0.15) is 13.8 Å². The molecule has 0 aliphatic rings. The van der Waals surface area contributed by atoms with Crippen LogP contribution in [0.15, 0.2) is 18.2 Å². The number of hydrogen-bond donors (Lipinski definition) is 2. The van der Waals surface area contributed by atoms with Crippen molar-refractivity contribution in [1.82, 2.24) is 0 Å². The van der Waals surface area contributed by atoms with Gasteiger partial charge in [-0.3, -0.25) is 0 Å². The Morgan fingerprint density at radius 1 is 1.08 bits per heavy atom. The molecule has 0 saturated heterocycles. The molecule has 0 bridgehead atoms. The average molecular weight is 199 g/mol. The van der Waals surface area contributed by atoms with E-state index in [4.69, 9.17) is 11.6 Å². The second-order valence-corrected chi connectivity index (χ2v) is 3.11. The smallest absolute Gasteiger partial charge is 0.0868 e. The highest BCUT2D eigenvalue weighted by molar-refractivity contribution is 6.35. The van der Waals surface area contributed by atoms with E-state index in [-0.39, 0.29) is 0 Å². The van der Waals surface area contributed by atoms with Crippen LogP contribution in [0.2, 0.25) is 5.02 Å². The van der Waals surface area contributed by atoms with Crippen LogP contribution in [0, 0.1) is 0 Å². The minimum absolute atomic E-state index is 0.770. The van der Waals surface area contributed by atoms with E-state index in [1.165, 1.54) is 0 Å². The maximum Gasteiger partial charge on any atom is 0.0868 e. The zero-order chi connectivity index (χ0) is 9.68. The Balaban J connectivity index is 2.89. The van der Waals surface area contributed by atoms with Crippen molar-refractivity contribution in [2.24, 2.45) is 0 Å². The van der Waals surface area contributed by atoms with E-state index in [1.807, 2.05) is 18.2 Å². The minimum atomic E-state index is 0.770. The van der Waals surface area contributed by atoms with Gasteiger partial charge in [0.2, 0.25) is 0 Å². The van der Waals surface area contributed by atoms with Gasteiger partial charge in [-0.15, -0.1) is 0 Å². The topological polar surface area (TPSA) is 24.1 Å². The highest BCUT2D eigenvalue weighted by Gasteiger charge is 2.02. The van der Waals surface area contributed by atoms with Gasteiger partial charge in [0.1, 0.15) is 0 Å². The Hall–Kier alpha value is -0.890. The van der Waals surface area contributed by atoms with Gasteiger partial charge in [-0.25, -0.2) is 0 Å². The van der Waals surface area contributed by atoms with Gasteiger partial charge in [0.25, 0.3) is 0 Å². The van der Waals surface area contributed by atoms with Crippen LogP contribution in [0.4, 0.5) is 11.4 Å². The first kappa shape index (κ1) is 10.2. The summed E-state index contributed by atoms with van der Waals surface area (Å²) < 4.78 is 0. The molecule has 2 nitrogen and oxygen atoms in total. The predicted octanol–water partition coefficient (Wildman–Crippen LogP) is 3.20. The molecule has 2 N–H and O–H groups in total. The monoisotopic (exact) mass is 198 g/mol. The summed E-state index contributed by atoms with van der Waals surface area (Å²) in [5.74, 6) is 0. The number of hydrogen-bond acceptors (Lipinski definition) is 2. The third kappa shape index (κ3) is 2.52. The van der Waals surface area contributed by atoms with Gasteiger partial charge >= 0.3 is 0 Å². The third-order valence-electron chi connectivity index (χ3n) is 1.73. The summed E-state index contributed by atoms with van der Waals surface area (Å²) in [6, 6.07) is 5.95. The Morgan fingerprint density at radius 2 is 1.54 bits per heavy atom. The number of halogens is 1. The lowest BCUT2D eigenvalue weighted by Crippen LogP contribution is -2.01. The van der Waals surface area contributed by atoms with E-state index in [1.54, 1.807) is 0 Å². The molecule has 72 valence electrons. The number of nitrogens with one attached hydrogen (secondary N) is 2. The molecule has 1 rings (SSSR count). The van der Waals surface area contributed by atoms with E-state index in [0.29, 0.717) is 0 Å². The van der Waals surface area contributed by atoms with Gasteiger partial charge in [-0.2, -0.15) is 0 Å². The maximum atomic E-state index is 6.14. The van der Waals surface area contributed by atoms with Gasteiger partial charge in [-0.05, 0) is 26.0 Å². The van der Waals surface area contributed by atoms with Crippen molar-refractivity contribution in [1.29, 1.82) is 0 Å². The Bertz CT molecular complexity index is 249. The fourth-order valence-electron chi connectivity index (χ4n) is 1.19. The van der Waals surface area contributed by atoms with Crippen LogP contribution >= 0.6 is 11.6 Å². The summed E-state index contributed by atoms with van der Waals surface area (Å²) in [5, 5.41) is 7.17. The summed E-state index contributed by atoms with van der Waals surface area (Å²) in [4.78, 5) is 0. The Kier molecular flexibility index (Phi) is 3.90. The average Bonchev–Trinajstić information content (AvgIpc) is 2.13. The predicted molar refractivity (Wildman–Crippen MR) is 59.8 cm³/mol. The second kappa shape index (κ2) is 4.97. The first-order valence-electron chi connectivity index (χ1n) is 4.55. The molecule has 0 radical (unpaired) electrons. The van der Waals surface area contributed by atoms with Crippen molar-refractivity contribution in [3.05, 3.63) is 23.2 Å². The van der Waals surface area contributed by atoms with Crippen molar-refractivity contribution in [2.45, 2.75) is 13.8 Å². The highest BCUT2D eigenvalue weighted by Crippen LogP contribution is 2.29. The molecule has 0 unspecified atom stereocenters. The normalized spacial score (nSPS) is 9.77. The zero-order valence-electron chi connectivity index (χ0n) is 8.02. The molecule has 0 atom stereocenters. The molecule has 0 fully saturated rings. The fraction of sp³-hybridized carbons (Fsp3) is 0.400. The molecule has 0 saturated carbocycles. The molecule has 1 aromatic carbocycles. The van der Waals surface area contributed by atoms with Crippen LogP contribution in [0.25, 0.3) is 0 Å². The van der Waals surface area contributed by atoms with Gasteiger partial charge in [-0.1, -0.05) is 17.7 Å². The lowest BCUT2D eigenvalue weighted by atomic mass is 10.2. The number of rotatable bonds is 4. The van der Waals surface area contributed by atoms with Crippen molar-refractivity contribution >= 4 is 23.0 Å². The molecule has 3 heteroatoms. The Morgan fingerprint density at radius 3 is 1.92 bits per heavy atom. The van der Waals surface area contributed by atoms with E-state index in [9.17, 15) is 0 Å². The van der Waals surface area contributed by atoms with Gasteiger partial charge < -0.3 is 10.6 Å². The van der Waals surface area contributed by atoms with E-state index < -0.39 is 0 Å². The third-order valence-corrected chi connectivity index (χ3v) is 2.14. The quantitative estimate of drug-likeness (QED) is 0.777. The molecule has 0 aliphatic heterocycles. The van der Waals surface area contributed by atoms with E-state index >= 15 is 0 Å². The molecule has 0 heterocycles. The van der Waals surface area contributed by atoms with Crippen LogP contribution in [0.3, 0.4) is 0 Å². The number of anilines is 2. The Labute approximate surface area is 84.3 Å². The first-order valence-corrected chi connectivity index (χ1v) is 4.93. The summed E-state index contributed by atoms with van der Waals surface area (Å²) in [6.07, 6.45) is 0. The molecule has 0 aliphatic carbocycles. The standard InChI is InChI=1S/C10H15ClN2/c1-3-12-8-6-5-7-9(10(8)11)13-4-2/h5-7,12-13H,3-4H2,1-2H3. The molecule has 13 heavy (non-hydrogen) atoms. The summed E-state index contributed by atoms with van der Waals surface area (Å²) in [6.45, 7) is 5.87. The van der Waals surface area contributed by atoms with Crippen molar-refractivity contribution < 1.29 is 0 Å². The lowest BCUT2D eigenvalue weighted by Gasteiger charge is -2.10. The summed E-state index contributed by atoms with van der Waals surface area (Å²) in [7, 11) is 0. The van der Waals surface area contributed by atoms with Crippen molar-refractivity contribution in [3.63, 3.8) is 0 Å². The fourth-order valence-corrected chi connectivity index (χ4v) is 1.45. The molecule has 0 spiro atoms. The van der Waals surface area contributed by atoms with Crippen LogP contribution < -0.4 is 10.6 Å². The van der Waals surface area contributed by atoms with Gasteiger partial charge in [0, 0.05) is 13.1 Å². The van der Waals surface area contributed by atoms with Gasteiger partial charge in [0.15, 0.2) is 0 Å². The molecule has 0 aromatic heterocycles. The molecular formula is C10H15ClN2. The lowest BCUT2D eigenvalue weighted by molar-refractivity contribution is 1.19. The van der Waals surface area contributed by atoms with Crippen molar-refractivity contribution in [2.75, 3.05) is 23.7 Å². The minimum Gasteiger partial charge on any atom is -0.384 e. The largest absolute Gasteiger partial charge is 0.384 e. The summed E-state index contributed by atoms with van der Waals surface area (Å²) >= 11 is 6.14.